The van der Waals surface area contributed by atoms with Crippen molar-refractivity contribution in [3.8, 4) is 0 Å². The summed E-state index contributed by atoms with van der Waals surface area (Å²) in [4.78, 5) is 12.5. The molecule has 0 bridgehead atoms. The van der Waals surface area contributed by atoms with E-state index >= 15 is 0 Å². The van der Waals surface area contributed by atoms with Gasteiger partial charge >= 0.3 is 0 Å². The molecule has 0 aliphatic heterocycles. The van der Waals surface area contributed by atoms with Crippen LogP contribution in [-0.2, 0) is 4.79 Å². The first-order valence-corrected chi connectivity index (χ1v) is 30.2. The second-order valence-electron chi connectivity index (χ2n) is 20.8. The Bertz CT molecular complexity index is 1010. The van der Waals surface area contributed by atoms with Gasteiger partial charge in [0.1, 0.15) is 0 Å². The van der Waals surface area contributed by atoms with Crippen molar-refractivity contribution >= 4 is 5.91 Å². The van der Waals surface area contributed by atoms with Crippen molar-refractivity contribution in [3.05, 3.63) is 36.5 Å². The fourth-order valence-corrected chi connectivity index (χ4v) is 9.49. The van der Waals surface area contributed by atoms with Crippen molar-refractivity contribution in [3.63, 3.8) is 0 Å². The van der Waals surface area contributed by atoms with Crippen LogP contribution in [0.1, 0.15) is 335 Å². The van der Waals surface area contributed by atoms with E-state index in [4.69, 9.17) is 0 Å². The summed E-state index contributed by atoms with van der Waals surface area (Å²) in [6, 6.07) is -0.636. The molecule has 4 nitrogen and oxygen atoms in total. The van der Waals surface area contributed by atoms with Crippen LogP contribution in [0.4, 0.5) is 0 Å². The standard InChI is InChI=1S/C62H119NO3/c1-3-5-7-9-11-13-15-17-19-20-21-22-23-24-25-26-27-28-29-30-31-32-33-34-35-36-37-38-39-40-41-42-44-46-48-50-52-54-56-58-62(66)63-60(59-64)61(65)57-55-53-51-49-47-45-43-18-16-14-12-10-8-6-4-2/h20-21,47,49,55,57,60-61,64-65H,3-19,22-46,48,50-54,56,58-59H2,1-2H3,(H,63,66)/b21-20-,49-47+,57-55+. The monoisotopic (exact) mass is 926 g/mol. The summed E-state index contributed by atoms with van der Waals surface area (Å²) in [6.07, 6.45) is 79.2. The molecule has 2 unspecified atom stereocenters. The number of hydrogen-bond acceptors (Lipinski definition) is 3. The Morgan fingerprint density at radius 3 is 0.879 bits per heavy atom. The molecule has 390 valence electrons. The van der Waals surface area contributed by atoms with Crippen molar-refractivity contribution in [2.24, 2.45) is 0 Å². The molecule has 2 atom stereocenters. The van der Waals surface area contributed by atoms with Gasteiger partial charge in [-0.1, -0.05) is 307 Å². The van der Waals surface area contributed by atoms with E-state index in [1.165, 1.54) is 283 Å². The third-order valence-corrected chi connectivity index (χ3v) is 14.1. The molecule has 3 N–H and O–H groups in total. The molecule has 4 heteroatoms. The summed E-state index contributed by atoms with van der Waals surface area (Å²) >= 11 is 0. The zero-order valence-corrected chi connectivity index (χ0v) is 45.0. The van der Waals surface area contributed by atoms with Crippen LogP contribution in [0.3, 0.4) is 0 Å². The maximum absolute atomic E-state index is 12.5. The van der Waals surface area contributed by atoms with Crippen molar-refractivity contribution in [2.75, 3.05) is 6.61 Å². The highest BCUT2D eigenvalue weighted by Gasteiger charge is 2.18. The smallest absolute Gasteiger partial charge is 0.220 e. The lowest BCUT2D eigenvalue weighted by Crippen LogP contribution is -2.45. The number of unbranched alkanes of at least 4 members (excludes halogenated alkanes) is 45. The van der Waals surface area contributed by atoms with Crippen molar-refractivity contribution in [1.82, 2.24) is 5.32 Å². The van der Waals surface area contributed by atoms with E-state index in [2.05, 4.69) is 43.5 Å². The highest BCUT2D eigenvalue weighted by molar-refractivity contribution is 5.76. The minimum Gasteiger partial charge on any atom is -0.394 e. The minimum absolute atomic E-state index is 0.0682. The quantitative estimate of drug-likeness (QED) is 0.0420. The number of nitrogens with one attached hydrogen (secondary N) is 1. The Labute approximate surface area is 414 Å². The molecule has 0 rings (SSSR count). The lowest BCUT2D eigenvalue weighted by Gasteiger charge is -2.19. The number of rotatable bonds is 56. The first-order valence-electron chi connectivity index (χ1n) is 30.2. The van der Waals surface area contributed by atoms with Gasteiger partial charge in [-0.3, -0.25) is 4.79 Å². The Hall–Kier alpha value is -1.39. The van der Waals surface area contributed by atoms with Gasteiger partial charge < -0.3 is 15.5 Å². The summed E-state index contributed by atoms with van der Waals surface area (Å²) in [7, 11) is 0. The van der Waals surface area contributed by atoms with Crippen molar-refractivity contribution in [2.45, 2.75) is 347 Å². The Balaban J connectivity index is 3.38. The summed E-state index contributed by atoms with van der Waals surface area (Å²) in [5.41, 5.74) is 0. The van der Waals surface area contributed by atoms with Gasteiger partial charge in [0.2, 0.25) is 5.91 Å². The predicted molar refractivity (Wildman–Crippen MR) is 295 cm³/mol. The molecule has 0 aromatic heterocycles. The molecule has 0 heterocycles. The fraction of sp³-hybridized carbons (Fsp3) is 0.887. The van der Waals surface area contributed by atoms with E-state index in [0.29, 0.717) is 6.42 Å². The summed E-state index contributed by atoms with van der Waals surface area (Å²) in [5, 5.41) is 23.1. The number of amides is 1. The molecule has 0 fully saturated rings. The fourth-order valence-electron chi connectivity index (χ4n) is 9.49. The molecule has 66 heavy (non-hydrogen) atoms. The zero-order valence-electron chi connectivity index (χ0n) is 45.0. The molecule has 0 aliphatic rings. The highest BCUT2D eigenvalue weighted by atomic mass is 16.3. The van der Waals surface area contributed by atoms with E-state index in [-0.39, 0.29) is 12.5 Å². The molecule has 0 saturated heterocycles. The second-order valence-corrected chi connectivity index (χ2v) is 20.8. The summed E-state index contributed by atoms with van der Waals surface area (Å²) in [5.74, 6) is -0.0682. The maximum Gasteiger partial charge on any atom is 0.220 e. The number of allylic oxidation sites excluding steroid dienone is 5. The van der Waals surface area contributed by atoms with Crippen LogP contribution in [-0.4, -0.2) is 34.9 Å². The molecule has 0 aliphatic carbocycles. The Morgan fingerprint density at radius 2 is 0.591 bits per heavy atom. The van der Waals surface area contributed by atoms with Gasteiger partial charge in [0.05, 0.1) is 18.8 Å². The van der Waals surface area contributed by atoms with Crippen LogP contribution in [0.2, 0.25) is 0 Å². The van der Waals surface area contributed by atoms with Gasteiger partial charge in [-0.2, -0.15) is 0 Å². The Morgan fingerprint density at radius 1 is 0.348 bits per heavy atom. The van der Waals surface area contributed by atoms with Gasteiger partial charge in [0, 0.05) is 6.42 Å². The van der Waals surface area contributed by atoms with Crippen LogP contribution < -0.4 is 5.32 Å². The largest absolute Gasteiger partial charge is 0.394 e. The molecule has 1 amide bonds. The average molecular weight is 927 g/mol. The lowest BCUT2D eigenvalue weighted by atomic mass is 10.0. The number of carbonyl (C=O) groups is 1. The normalized spacial score (nSPS) is 13.0. The first-order chi connectivity index (χ1) is 32.7. The van der Waals surface area contributed by atoms with Gasteiger partial charge in [-0.25, -0.2) is 0 Å². The SMILES string of the molecule is CCCCCCCCCC/C=C\CCCCCCCCCCCCCCCCCCCCCCCCCCCCCC(=O)NC(CO)C(O)/C=C/CC/C=C/CCCCCCCCCCC. The third kappa shape index (κ3) is 53.6. The van der Waals surface area contributed by atoms with E-state index in [9.17, 15) is 15.0 Å². The molecule has 0 spiro atoms. The minimum atomic E-state index is -0.860. The number of aliphatic hydroxyl groups excluding tert-OH is 2. The molecule has 0 aromatic carbocycles. The van der Waals surface area contributed by atoms with Crippen molar-refractivity contribution < 1.29 is 15.0 Å². The maximum atomic E-state index is 12.5. The molecule has 0 aromatic rings. The third-order valence-electron chi connectivity index (χ3n) is 14.1. The van der Waals surface area contributed by atoms with E-state index < -0.39 is 12.1 Å². The van der Waals surface area contributed by atoms with E-state index in [0.717, 1.165) is 32.1 Å². The average Bonchev–Trinajstić information content (AvgIpc) is 3.32. The van der Waals surface area contributed by atoms with Gasteiger partial charge in [0.25, 0.3) is 0 Å². The number of aliphatic hydroxyl groups is 2. The van der Waals surface area contributed by atoms with Gasteiger partial charge in [-0.05, 0) is 57.8 Å². The summed E-state index contributed by atoms with van der Waals surface area (Å²) < 4.78 is 0. The second kappa shape index (κ2) is 57.9. The molecule has 0 saturated carbocycles. The first kappa shape index (κ1) is 64.6. The number of hydrogen-bond donors (Lipinski definition) is 3. The highest BCUT2D eigenvalue weighted by Crippen LogP contribution is 2.18. The molecular weight excluding hydrogens is 807 g/mol. The van der Waals surface area contributed by atoms with Crippen LogP contribution in [0.5, 0.6) is 0 Å². The van der Waals surface area contributed by atoms with Crippen LogP contribution in [0, 0.1) is 0 Å². The van der Waals surface area contributed by atoms with Crippen LogP contribution in [0.25, 0.3) is 0 Å². The summed E-state index contributed by atoms with van der Waals surface area (Å²) in [6.45, 7) is 4.32. The van der Waals surface area contributed by atoms with Crippen LogP contribution in [0.15, 0.2) is 36.5 Å². The predicted octanol–water partition coefficient (Wildman–Crippen LogP) is 20.0. The van der Waals surface area contributed by atoms with Crippen molar-refractivity contribution in [1.29, 1.82) is 0 Å². The molecular formula is C62H119NO3. The van der Waals surface area contributed by atoms with Gasteiger partial charge in [0.15, 0.2) is 0 Å². The van der Waals surface area contributed by atoms with Crippen LogP contribution >= 0.6 is 0 Å². The van der Waals surface area contributed by atoms with Gasteiger partial charge in [-0.15, -0.1) is 0 Å². The topological polar surface area (TPSA) is 69.6 Å². The van der Waals surface area contributed by atoms with E-state index in [1.807, 2.05) is 6.08 Å². The Kier molecular flexibility index (Phi) is 56.7. The zero-order chi connectivity index (χ0) is 47.7. The number of carbonyl (C=O) groups excluding carboxylic acids is 1. The van der Waals surface area contributed by atoms with E-state index in [1.54, 1.807) is 6.08 Å². The lowest BCUT2D eigenvalue weighted by molar-refractivity contribution is -0.123. The molecule has 0 radical (unpaired) electrons.